The molecule has 0 saturated carbocycles. The van der Waals surface area contributed by atoms with Gasteiger partial charge < -0.3 is 10.2 Å². The van der Waals surface area contributed by atoms with Gasteiger partial charge in [0.1, 0.15) is 10.7 Å². The molecule has 1 saturated heterocycles. The van der Waals surface area contributed by atoms with Crippen molar-refractivity contribution in [2.75, 3.05) is 30.8 Å². The molecule has 1 amide bonds. The monoisotopic (exact) mass is 431 g/mol. The summed E-state index contributed by atoms with van der Waals surface area (Å²) in [4.78, 5) is 29.2. The topological polar surface area (TPSA) is 88.8 Å². The number of piperidine rings is 1. The number of anilines is 1. The number of hydrogen-bond donors (Lipinski definition) is 1. The summed E-state index contributed by atoms with van der Waals surface area (Å²) >= 11 is 2.96. The number of thiazole rings is 1. The quantitative estimate of drug-likeness (QED) is 0.474. The molecule has 0 spiro atoms. The summed E-state index contributed by atoms with van der Waals surface area (Å²) in [5.74, 6) is 0.892. The summed E-state index contributed by atoms with van der Waals surface area (Å²) < 4.78 is 1.86. The van der Waals surface area contributed by atoms with Crippen LogP contribution in [-0.4, -0.2) is 56.5 Å². The number of amides is 1. The fourth-order valence-electron chi connectivity index (χ4n) is 3.62. The summed E-state index contributed by atoms with van der Waals surface area (Å²) in [6.45, 7) is 6.85. The van der Waals surface area contributed by atoms with Crippen LogP contribution < -0.4 is 10.2 Å². The number of rotatable bonds is 6. The van der Waals surface area contributed by atoms with Crippen molar-refractivity contribution >= 4 is 45.9 Å². The van der Waals surface area contributed by atoms with Crippen molar-refractivity contribution < 1.29 is 4.79 Å². The van der Waals surface area contributed by atoms with E-state index in [0.717, 1.165) is 45.8 Å². The number of fused-ring (bicyclic) bond motifs is 1. The largest absolute Gasteiger partial charge is 0.356 e. The molecule has 1 N–H and O–H groups in total. The van der Waals surface area contributed by atoms with Gasteiger partial charge in [-0.1, -0.05) is 11.8 Å². The highest BCUT2D eigenvalue weighted by Crippen LogP contribution is 2.28. The molecule has 1 fully saturated rings. The van der Waals surface area contributed by atoms with Crippen molar-refractivity contribution in [1.29, 1.82) is 0 Å². The first-order valence-corrected chi connectivity index (χ1v) is 11.9. The fraction of sp³-hybridized carbons (Fsp3) is 0.526. The van der Waals surface area contributed by atoms with E-state index >= 15 is 0 Å². The Balaban J connectivity index is 1.52. The maximum absolute atomic E-state index is 12.4. The van der Waals surface area contributed by atoms with Gasteiger partial charge >= 0.3 is 0 Å². The van der Waals surface area contributed by atoms with Gasteiger partial charge in [0.25, 0.3) is 5.91 Å². The number of nitrogens with one attached hydrogen (secondary N) is 1. The van der Waals surface area contributed by atoms with E-state index in [1.54, 1.807) is 0 Å². The molecule has 0 unspecified atom stereocenters. The van der Waals surface area contributed by atoms with E-state index < -0.39 is 0 Å². The van der Waals surface area contributed by atoms with E-state index in [1.807, 2.05) is 31.0 Å². The molecule has 0 aliphatic carbocycles. The maximum Gasteiger partial charge on any atom is 0.263 e. The van der Waals surface area contributed by atoms with Crippen LogP contribution in [-0.2, 0) is 6.54 Å². The van der Waals surface area contributed by atoms with Crippen molar-refractivity contribution in [3.05, 3.63) is 21.8 Å². The molecule has 0 aromatic carbocycles. The molecule has 4 rings (SSSR count). The van der Waals surface area contributed by atoms with Crippen LogP contribution in [0.1, 0.15) is 39.6 Å². The third kappa shape index (κ3) is 4.23. The number of hydrogen-bond acceptors (Lipinski definition) is 8. The molecule has 4 heterocycles. The zero-order valence-electron chi connectivity index (χ0n) is 16.9. The lowest BCUT2D eigenvalue weighted by molar-refractivity contribution is 0.0955. The summed E-state index contributed by atoms with van der Waals surface area (Å²) in [6, 6.07) is 0. The van der Waals surface area contributed by atoms with Gasteiger partial charge in [-0.25, -0.2) is 19.6 Å². The number of nitrogens with zero attached hydrogens (tertiary/aromatic N) is 6. The van der Waals surface area contributed by atoms with E-state index in [4.69, 9.17) is 4.98 Å². The molecule has 3 aromatic heterocycles. The normalized spacial score (nSPS) is 14.5. The molecule has 1 aliphatic rings. The van der Waals surface area contributed by atoms with Crippen LogP contribution in [0.15, 0.2) is 11.4 Å². The van der Waals surface area contributed by atoms with Crippen LogP contribution in [0.2, 0.25) is 0 Å². The lowest BCUT2D eigenvalue weighted by Gasteiger charge is -2.28. The summed E-state index contributed by atoms with van der Waals surface area (Å²) in [6.07, 6.45) is 7.49. The predicted octanol–water partition coefficient (Wildman–Crippen LogP) is 3.04. The van der Waals surface area contributed by atoms with Crippen LogP contribution in [0, 0.1) is 13.8 Å². The zero-order chi connectivity index (χ0) is 20.4. The van der Waals surface area contributed by atoms with Crippen LogP contribution in [0.3, 0.4) is 0 Å². The lowest BCUT2D eigenvalue weighted by Crippen LogP contribution is -2.30. The number of aromatic nitrogens is 5. The molecule has 3 aromatic rings. The first-order chi connectivity index (χ1) is 14.1. The van der Waals surface area contributed by atoms with Gasteiger partial charge in [0, 0.05) is 19.6 Å². The number of thioether (sulfide) groups is 1. The second-order valence-corrected chi connectivity index (χ2v) is 9.07. The lowest BCUT2D eigenvalue weighted by atomic mass is 10.1. The highest BCUT2D eigenvalue weighted by atomic mass is 32.2. The first-order valence-electron chi connectivity index (χ1n) is 9.81. The van der Waals surface area contributed by atoms with Crippen LogP contribution >= 0.6 is 23.1 Å². The fourth-order valence-corrected chi connectivity index (χ4v) is 4.81. The Labute approximate surface area is 178 Å². The molecular formula is C19H25N7OS2. The Kier molecular flexibility index (Phi) is 6.00. The second kappa shape index (κ2) is 8.66. The molecule has 0 radical (unpaired) electrons. The van der Waals surface area contributed by atoms with E-state index in [-0.39, 0.29) is 5.91 Å². The maximum atomic E-state index is 12.4. The van der Waals surface area contributed by atoms with E-state index in [0.29, 0.717) is 18.0 Å². The van der Waals surface area contributed by atoms with Gasteiger partial charge in [0.15, 0.2) is 10.8 Å². The van der Waals surface area contributed by atoms with Crippen molar-refractivity contribution in [3.8, 4) is 0 Å². The number of aryl methyl sites for hydroxylation is 2. The van der Waals surface area contributed by atoms with Gasteiger partial charge in [-0.2, -0.15) is 5.10 Å². The van der Waals surface area contributed by atoms with E-state index in [9.17, 15) is 4.79 Å². The Morgan fingerprint density at radius 1 is 1.21 bits per heavy atom. The van der Waals surface area contributed by atoms with E-state index in [1.165, 1.54) is 42.4 Å². The molecule has 1 aliphatic heterocycles. The highest BCUT2D eigenvalue weighted by Gasteiger charge is 2.20. The standard InChI is InChI=1S/C19H25N7OS2/c1-12-15(29-13(2)22-12)18(27)20-7-10-26-17-14(11-21-26)16(23-19(24-17)28-3)25-8-5-4-6-9-25/h11H,4-10H2,1-3H3,(H,20,27). The molecule has 0 bridgehead atoms. The Morgan fingerprint density at radius 3 is 2.69 bits per heavy atom. The molecular weight excluding hydrogens is 406 g/mol. The van der Waals surface area contributed by atoms with Gasteiger partial charge in [-0.3, -0.25) is 4.79 Å². The van der Waals surface area contributed by atoms with Crippen LogP contribution in [0.4, 0.5) is 5.82 Å². The summed E-state index contributed by atoms with van der Waals surface area (Å²) in [5.41, 5.74) is 1.60. The summed E-state index contributed by atoms with van der Waals surface area (Å²) in [5, 5.41) is 10.1. The van der Waals surface area contributed by atoms with Gasteiger partial charge in [-0.05, 0) is 39.4 Å². The Bertz CT molecular complexity index is 1020. The minimum Gasteiger partial charge on any atom is -0.356 e. The number of carbonyl (C=O) groups is 1. The average Bonchev–Trinajstić information content (AvgIpc) is 3.30. The van der Waals surface area contributed by atoms with E-state index in [2.05, 4.69) is 25.3 Å². The molecule has 29 heavy (non-hydrogen) atoms. The molecule has 154 valence electrons. The van der Waals surface area contributed by atoms with Crippen molar-refractivity contribution in [3.63, 3.8) is 0 Å². The number of carbonyl (C=O) groups excluding carboxylic acids is 1. The first kappa shape index (κ1) is 20.1. The second-order valence-electron chi connectivity index (χ2n) is 7.09. The molecule has 0 atom stereocenters. The van der Waals surface area contributed by atoms with Gasteiger partial charge in [0.2, 0.25) is 0 Å². The van der Waals surface area contributed by atoms with Crippen molar-refractivity contribution in [1.82, 2.24) is 30.0 Å². The summed E-state index contributed by atoms with van der Waals surface area (Å²) in [7, 11) is 0. The average molecular weight is 432 g/mol. The van der Waals surface area contributed by atoms with Crippen molar-refractivity contribution in [2.24, 2.45) is 0 Å². The zero-order valence-corrected chi connectivity index (χ0v) is 18.6. The minimum atomic E-state index is -0.0852. The van der Waals surface area contributed by atoms with Crippen molar-refractivity contribution in [2.45, 2.75) is 44.8 Å². The van der Waals surface area contributed by atoms with Gasteiger partial charge in [0.05, 0.1) is 28.8 Å². The minimum absolute atomic E-state index is 0.0852. The highest BCUT2D eigenvalue weighted by molar-refractivity contribution is 7.98. The third-order valence-corrected chi connectivity index (χ3v) is 6.63. The van der Waals surface area contributed by atoms with Gasteiger partial charge in [-0.15, -0.1) is 11.3 Å². The smallest absolute Gasteiger partial charge is 0.263 e. The predicted molar refractivity (Wildman–Crippen MR) is 117 cm³/mol. The molecule has 8 nitrogen and oxygen atoms in total. The Hall–Kier alpha value is -2.20. The van der Waals surface area contributed by atoms with Crippen LogP contribution in [0.5, 0.6) is 0 Å². The Morgan fingerprint density at radius 2 is 2.00 bits per heavy atom. The SMILES string of the molecule is CSc1nc(N2CCCCC2)c2cnn(CCNC(=O)c3sc(C)nc3C)c2n1. The molecule has 10 heteroatoms. The third-order valence-electron chi connectivity index (χ3n) is 5.01. The van der Waals surface area contributed by atoms with Crippen LogP contribution in [0.25, 0.3) is 11.0 Å².